The lowest BCUT2D eigenvalue weighted by Crippen LogP contribution is -2.40. The topological polar surface area (TPSA) is 108 Å². The van der Waals surface area contributed by atoms with Crippen LogP contribution in [0.25, 0.3) is 0 Å². The summed E-state index contributed by atoms with van der Waals surface area (Å²) >= 11 is 0. The van der Waals surface area contributed by atoms with Crippen LogP contribution < -0.4 is 21.3 Å². The molecule has 0 unspecified atom stereocenters. The average molecular weight is 431 g/mol. The number of rotatable bonds is 6. The van der Waals surface area contributed by atoms with Crippen molar-refractivity contribution >= 4 is 40.6 Å². The minimum atomic E-state index is -0.203. The molecule has 1 aromatic heterocycles. The molecule has 2 heterocycles. The summed E-state index contributed by atoms with van der Waals surface area (Å²) in [6, 6.07) is 17.3. The van der Waals surface area contributed by atoms with Crippen molar-refractivity contribution in [3.63, 3.8) is 0 Å². The molecule has 3 aromatic rings. The standard InChI is InChI=1S/C24H26N6O2/c1-15-3-6-18(7-4-15)27-21-13-16(2)26-24(30-21)29-20-10-8-19(9-11-20)28-23(32)17-5-12-22(31)25-14-17/h3-4,6-11,13,17H,5,12,14H2,1-2H3,(H,25,31)(H,28,32)(H2,26,27,29,30)/t17-/m0/s1. The van der Waals surface area contributed by atoms with Crippen LogP contribution >= 0.6 is 0 Å². The summed E-state index contributed by atoms with van der Waals surface area (Å²) in [4.78, 5) is 32.7. The fourth-order valence-electron chi connectivity index (χ4n) is 3.44. The molecule has 4 rings (SSSR count). The molecule has 0 bridgehead atoms. The van der Waals surface area contributed by atoms with E-state index in [1.54, 1.807) is 0 Å². The van der Waals surface area contributed by atoms with Crippen molar-refractivity contribution in [2.45, 2.75) is 26.7 Å². The second-order valence-electron chi connectivity index (χ2n) is 7.94. The van der Waals surface area contributed by atoms with Crippen LogP contribution in [-0.2, 0) is 9.59 Å². The Bertz CT molecular complexity index is 1100. The summed E-state index contributed by atoms with van der Waals surface area (Å²) in [6.45, 7) is 4.35. The van der Waals surface area contributed by atoms with E-state index in [0.29, 0.717) is 36.8 Å². The van der Waals surface area contributed by atoms with Gasteiger partial charge in [-0.25, -0.2) is 4.98 Å². The molecule has 8 heteroatoms. The Morgan fingerprint density at radius 3 is 2.28 bits per heavy atom. The molecule has 1 aliphatic heterocycles. The lowest BCUT2D eigenvalue weighted by molar-refractivity contribution is -0.126. The highest BCUT2D eigenvalue weighted by molar-refractivity contribution is 5.94. The zero-order valence-corrected chi connectivity index (χ0v) is 18.1. The van der Waals surface area contributed by atoms with E-state index < -0.39 is 0 Å². The van der Waals surface area contributed by atoms with Gasteiger partial charge in [0.1, 0.15) is 5.82 Å². The number of hydrogen-bond donors (Lipinski definition) is 4. The van der Waals surface area contributed by atoms with Gasteiger partial charge in [0.2, 0.25) is 17.8 Å². The van der Waals surface area contributed by atoms with Crippen LogP contribution in [0.5, 0.6) is 0 Å². The van der Waals surface area contributed by atoms with Gasteiger partial charge < -0.3 is 21.3 Å². The van der Waals surface area contributed by atoms with E-state index in [1.807, 2.05) is 68.4 Å². The maximum atomic E-state index is 12.4. The van der Waals surface area contributed by atoms with Gasteiger partial charge in [0.25, 0.3) is 0 Å². The normalized spacial score (nSPS) is 15.6. The molecule has 32 heavy (non-hydrogen) atoms. The monoisotopic (exact) mass is 430 g/mol. The van der Waals surface area contributed by atoms with Gasteiger partial charge in [-0.05, 0) is 56.7 Å². The third-order valence-corrected chi connectivity index (χ3v) is 5.22. The molecule has 1 aliphatic rings. The summed E-state index contributed by atoms with van der Waals surface area (Å²) in [5, 5.41) is 12.1. The van der Waals surface area contributed by atoms with Crippen LogP contribution in [-0.4, -0.2) is 28.3 Å². The third-order valence-electron chi connectivity index (χ3n) is 5.22. The highest BCUT2D eigenvalue weighted by atomic mass is 16.2. The van der Waals surface area contributed by atoms with E-state index in [1.165, 1.54) is 5.56 Å². The van der Waals surface area contributed by atoms with Crippen molar-refractivity contribution in [1.29, 1.82) is 0 Å². The first-order valence-electron chi connectivity index (χ1n) is 10.6. The van der Waals surface area contributed by atoms with Crippen LogP contribution in [0, 0.1) is 19.8 Å². The molecule has 0 aliphatic carbocycles. The van der Waals surface area contributed by atoms with Crippen molar-refractivity contribution in [2.24, 2.45) is 5.92 Å². The highest BCUT2D eigenvalue weighted by Crippen LogP contribution is 2.21. The van der Waals surface area contributed by atoms with E-state index in [9.17, 15) is 9.59 Å². The molecule has 2 amide bonds. The Kier molecular flexibility index (Phi) is 6.30. The van der Waals surface area contributed by atoms with Crippen molar-refractivity contribution in [3.05, 3.63) is 65.9 Å². The predicted octanol–water partition coefficient (Wildman–Crippen LogP) is 4.05. The van der Waals surface area contributed by atoms with Gasteiger partial charge in [-0.3, -0.25) is 9.59 Å². The second-order valence-corrected chi connectivity index (χ2v) is 7.94. The summed E-state index contributed by atoms with van der Waals surface area (Å²) in [5.74, 6) is 0.895. The molecular weight excluding hydrogens is 404 g/mol. The molecule has 2 aromatic carbocycles. The number of carbonyl (C=O) groups excluding carboxylic acids is 2. The predicted molar refractivity (Wildman–Crippen MR) is 125 cm³/mol. The molecule has 1 saturated heterocycles. The van der Waals surface area contributed by atoms with E-state index in [2.05, 4.69) is 31.2 Å². The Labute approximate surface area is 186 Å². The highest BCUT2D eigenvalue weighted by Gasteiger charge is 2.24. The zero-order valence-electron chi connectivity index (χ0n) is 18.1. The van der Waals surface area contributed by atoms with Crippen LogP contribution in [0.2, 0.25) is 0 Å². The summed E-state index contributed by atoms with van der Waals surface area (Å²) in [6.07, 6.45) is 0.957. The summed E-state index contributed by atoms with van der Waals surface area (Å²) < 4.78 is 0. The maximum absolute atomic E-state index is 12.4. The van der Waals surface area contributed by atoms with Crippen LogP contribution in [0.3, 0.4) is 0 Å². The quantitative estimate of drug-likeness (QED) is 0.470. The lowest BCUT2D eigenvalue weighted by atomic mass is 9.98. The minimum absolute atomic E-state index is 0.0000631. The second kappa shape index (κ2) is 9.47. The Morgan fingerprint density at radius 1 is 0.938 bits per heavy atom. The van der Waals surface area contributed by atoms with Crippen molar-refractivity contribution in [1.82, 2.24) is 15.3 Å². The van der Waals surface area contributed by atoms with E-state index in [4.69, 9.17) is 0 Å². The number of nitrogens with zero attached hydrogens (tertiary/aromatic N) is 2. The summed E-state index contributed by atoms with van der Waals surface area (Å²) in [5.41, 5.74) is 4.49. The Morgan fingerprint density at radius 2 is 1.59 bits per heavy atom. The van der Waals surface area contributed by atoms with E-state index >= 15 is 0 Å². The summed E-state index contributed by atoms with van der Waals surface area (Å²) in [7, 11) is 0. The number of anilines is 5. The molecule has 0 saturated carbocycles. The van der Waals surface area contributed by atoms with Gasteiger partial charge in [-0.15, -0.1) is 0 Å². The van der Waals surface area contributed by atoms with Gasteiger partial charge in [-0.1, -0.05) is 17.7 Å². The van der Waals surface area contributed by atoms with Crippen LogP contribution in [0.15, 0.2) is 54.6 Å². The molecular formula is C24H26N6O2. The Hall–Kier alpha value is -3.94. The third kappa shape index (κ3) is 5.60. The van der Waals surface area contributed by atoms with Crippen molar-refractivity contribution < 1.29 is 9.59 Å². The molecule has 0 radical (unpaired) electrons. The van der Waals surface area contributed by atoms with Gasteiger partial charge in [0.15, 0.2) is 0 Å². The molecule has 0 spiro atoms. The zero-order chi connectivity index (χ0) is 22.5. The van der Waals surface area contributed by atoms with Gasteiger partial charge in [0.05, 0.1) is 5.92 Å². The molecule has 8 nitrogen and oxygen atoms in total. The largest absolute Gasteiger partial charge is 0.355 e. The molecule has 4 N–H and O–H groups in total. The van der Waals surface area contributed by atoms with Crippen molar-refractivity contribution in [2.75, 3.05) is 22.5 Å². The lowest BCUT2D eigenvalue weighted by Gasteiger charge is -2.21. The SMILES string of the molecule is Cc1ccc(Nc2cc(C)nc(Nc3ccc(NC(=O)[C@H]4CCC(=O)NC4)cc3)n2)cc1. The smallest absolute Gasteiger partial charge is 0.229 e. The number of aromatic nitrogens is 2. The maximum Gasteiger partial charge on any atom is 0.229 e. The number of aryl methyl sites for hydroxylation is 2. The van der Waals surface area contributed by atoms with Crippen LogP contribution in [0.1, 0.15) is 24.1 Å². The first kappa shape index (κ1) is 21.3. The molecule has 164 valence electrons. The van der Waals surface area contributed by atoms with E-state index in [0.717, 1.165) is 17.1 Å². The number of piperidine rings is 1. The first-order valence-corrected chi connectivity index (χ1v) is 10.6. The first-order chi connectivity index (χ1) is 15.4. The fraction of sp³-hybridized carbons (Fsp3) is 0.250. The average Bonchev–Trinajstić information content (AvgIpc) is 2.77. The van der Waals surface area contributed by atoms with Gasteiger partial charge in [-0.2, -0.15) is 4.98 Å². The minimum Gasteiger partial charge on any atom is -0.355 e. The molecule has 1 atom stereocenters. The van der Waals surface area contributed by atoms with Crippen LogP contribution in [0.4, 0.5) is 28.8 Å². The van der Waals surface area contributed by atoms with Crippen molar-refractivity contribution in [3.8, 4) is 0 Å². The fourth-order valence-corrected chi connectivity index (χ4v) is 3.44. The number of nitrogens with one attached hydrogen (secondary N) is 4. The molecule has 1 fully saturated rings. The number of carbonyl (C=O) groups is 2. The number of amides is 2. The van der Waals surface area contributed by atoms with Gasteiger partial charge in [0, 0.05) is 41.8 Å². The number of benzene rings is 2. The number of hydrogen-bond acceptors (Lipinski definition) is 6. The van der Waals surface area contributed by atoms with Gasteiger partial charge >= 0.3 is 0 Å². The van der Waals surface area contributed by atoms with E-state index in [-0.39, 0.29) is 17.7 Å². The Balaban J connectivity index is 1.38.